The van der Waals surface area contributed by atoms with Crippen LogP contribution in [0.2, 0.25) is 0 Å². The minimum Gasteiger partial charge on any atom is -0.315 e. The number of hydrogen-bond donors (Lipinski definition) is 2. The maximum Gasteiger partial charge on any atom is 0.279 e. The molecule has 72 valence electrons. The standard InChI is InChI=1S/C6H15N3O2S/c1-9(2)12(10,11)8-6-3-4-7-5-6/h6-8H,3-5H2,1-2H3/t6-/m1/s1. The lowest BCUT2D eigenvalue weighted by Crippen LogP contribution is -2.42. The third-order valence-corrected chi connectivity index (χ3v) is 3.45. The van der Waals surface area contributed by atoms with Gasteiger partial charge in [0.1, 0.15) is 0 Å². The van der Waals surface area contributed by atoms with Crippen molar-refractivity contribution in [2.24, 2.45) is 0 Å². The fourth-order valence-electron chi connectivity index (χ4n) is 1.07. The monoisotopic (exact) mass is 193 g/mol. The van der Waals surface area contributed by atoms with Gasteiger partial charge in [-0.1, -0.05) is 0 Å². The van der Waals surface area contributed by atoms with Crippen molar-refractivity contribution in [1.82, 2.24) is 14.3 Å². The molecule has 1 fully saturated rings. The number of rotatable bonds is 3. The summed E-state index contributed by atoms with van der Waals surface area (Å²) in [6, 6.07) is 0.0531. The largest absolute Gasteiger partial charge is 0.315 e. The molecule has 0 bridgehead atoms. The fourth-order valence-corrected chi connectivity index (χ4v) is 1.90. The van der Waals surface area contributed by atoms with E-state index in [2.05, 4.69) is 10.0 Å². The summed E-state index contributed by atoms with van der Waals surface area (Å²) in [5.74, 6) is 0. The third kappa shape index (κ3) is 2.41. The number of nitrogens with one attached hydrogen (secondary N) is 2. The fraction of sp³-hybridized carbons (Fsp3) is 1.00. The molecule has 0 aliphatic carbocycles. The van der Waals surface area contributed by atoms with Crippen LogP contribution in [-0.4, -0.2) is 45.9 Å². The van der Waals surface area contributed by atoms with Gasteiger partial charge in [0.15, 0.2) is 0 Å². The van der Waals surface area contributed by atoms with Crippen LogP contribution in [-0.2, 0) is 10.2 Å². The molecule has 2 N–H and O–H groups in total. The summed E-state index contributed by atoms with van der Waals surface area (Å²) >= 11 is 0. The zero-order valence-corrected chi connectivity index (χ0v) is 8.19. The van der Waals surface area contributed by atoms with E-state index < -0.39 is 10.2 Å². The van der Waals surface area contributed by atoms with Gasteiger partial charge in [0, 0.05) is 26.7 Å². The van der Waals surface area contributed by atoms with E-state index in [1.54, 1.807) is 0 Å². The normalized spacial score (nSPS) is 25.1. The maximum absolute atomic E-state index is 11.3. The molecule has 1 atom stereocenters. The Balaban J connectivity index is 2.49. The molecule has 1 saturated heterocycles. The first-order valence-electron chi connectivity index (χ1n) is 3.93. The predicted molar refractivity (Wildman–Crippen MR) is 47.0 cm³/mol. The van der Waals surface area contributed by atoms with E-state index in [0.29, 0.717) is 0 Å². The second-order valence-electron chi connectivity index (χ2n) is 3.10. The summed E-state index contributed by atoms with van der Waals surface area (Å²) in [5, 5.41) is 3.09. The molecule has 6 heteroatoms. The van der Waals surface area contributed by atoms with Crippen LogP contribution < -0.4 is 10.0 Å². The SMILES string of the molecule is CN(C)S(=O)(=O)N[C@@H]1CCNC1. The van der Waals surface area contributed by atoms with Gasteiger partial charge in [0.2, 0.25) is 0 Å². The number of hydrogen-bond acceptors (Lipinski definition) is 3. The molecule has 0 radical (unpaired) electrons. The Hall–Kier alpha value is -0.170. The summed E-state index contributed by atoms with van der Waals surface area (Å²) in [6.07, 6.45) is 0.868. The van der Waals surface area contributed by atoms with Gasteiger partial charge in [0.25, 0.3) is 10.2 Å². The lowest BCUT2D eigenvalue weighted by molar-refractivity contribution is 0.491. The van der Waals surface area contributed by atoms with Crippen molar-refractivity contribution in [3.05, 3.63) is 0 Å². The average Bonchev–Trinajstić information content (AvgIpc) is 2.38. The van der Waals surface area contributed by atoms with Crippen LogP contribution in [0.1, 0.15) is 6.42 Å². The van der Waals surface area contributed by atoms with E-state index in [-0.39, 0.29) is 6.04 Å². The van der Waals surface area contributed by atoms with Crippen LogP contribution in [0.3, 0.4) is 0 Å². The molecule has 0 aromatic carbocycles. The zero-order chi connectivity index (χ0) is 9.19. The van der Waals surface area contributed by atoms with E-state index in [9.17, 15) is 8.42 Å². The van der Waals surface area contributed by atoms with Crippen molar-refractivity contribution in [1.29, 1.82) is 0 Å². The molecule has 1 rings (SSSR count). The van der Waals surface area contributed by atoms with Gasteiger partial charge in [-0.2, -0.15) is 17.4 Å². The van der Waals surface area contributed by atoms with Gasteiger partial charge in [-0.25, -0.2) is 0 Å². The first-order chi connectivity index (χ1) is 5.52. The van der Waals surface area contributed by atoms with Gasteiger partial charge in [-0.05, 0) is 13.0 Å². The van der Waals surface area contributed by atoms with E-state index in [0.717, 1.165) is 19.5 Å². The second-order valence-corrected chi connectivity index (χ2v) is 5.01. The molecule has 0 saturated carbocycles. The summed E-state index contributed by atoms with van der Waals surface area (Å²) in [5.41, 5.74) is 0. The van der Waals surface area contributed by atoms with Crippen LogP contribution in [0.5, 0.6) is 0 Å². The molecular weight excluding hydrogens is 178 g/mol. The van der Waals surface area contributed by atoms with E-state index in [1.807, 2.05) is 0 Å². The Bertz CT molecular complexity index is 231. The Kier molecular flexibility index (Phi) is 3.05. The molecule has 0 aromatic rings. The molecule has 12 heavy (non-hydrogen) atoms. The van der Waals surface area contributed by atoms with Crippen molar-refractivity contribution >= 4 is 10.2 Å². The van der Waals surface area contributed by atoms with Crippen LogP contribution in [0.25, 0.3) is 0 Å². The average molecular weight is 193 g/mol. The Morgan fingerprint density at radius 1 is 1.50 bits per heavy atom. The summed E-state index contributed by atoms with van der Waals surface area (Å²) in [6.45, 7) is 1.62. The lowest BCUT2D eigenvalue weighted by Gasteiger charge is -2.16. The highest BCUT2D eigenvalue weighted by Gasteiger charge is 2.21. The van der Waals surface area contributed by atoms with Crippen molar-refractivity contribution in [3.8, 4) is 0 Å². The third-order valence-electron chi connectivity index (χ3n) is 1.86. The highest BCUT2D eigenvalue weighted by Crippen LogP contribution is 2.00. The van der Waals surface area contributed by atoms with E-state index in [4.69, 9.17) is 0 Å². The highest BCUT2D eigenvalue weighted by molar-refractivity contribution is 7.87. The van der Waals surface area contributed by atoms with Crippen molar-refractivity contribution in [2.45, 2.75) is 12.5 Å². The van der Waals surface area contributed by atoms with Gasteiger partial charge in [-0.3, -0.25) is 0 Å². The van der Waals surface area contributed by atoms with Crippen molar-refractivity contribution < 1.29 is 8.42 Å². The summed E-state index contributed by atoms with van der Waals surface area (Å²) in [4.78, 5) is 0. The van der Waals surface area contributed by atoms with Gasteiger partial charge in [-0.15, -0.1) is 0 Å². The minimum absolute atomic E-state index is 0.0531. The van der Waals surface area contributed by atoms with E-state index in [1.165, 1.54) is 18.4 Å². The topological polar surface area (TPSA) is 61.4 Å². The molecule has 0 amide bonds. The van der Waals surface area contributed by atoms with Crippen molar-refractivity contribution in [2.75, 3.05) is 27.2 Å². The van der Waals surface area contributed by atoms with E-state index >= 15 is 0 Å². The molecular formula is C6H15N3O2S. The molecule has 1 aliphatic heterocycles. The summed E-state index contributed by atoms with van der Waals surface area (Å²) in [7, 11) is -0.201. The predicted octanol–water partition coefficient (Wildman–Crippen LogP) is -1.26. The minimum atomic E-state index is -3.24. The molecule has 1 aliphatic rings. The lowest BCUT2D eigenvalue weighted by atomic mass is 10.3. The molecule has 5 nitrogen and oxygen atoms in total. The van der Waals surface area contributed by atoms with Gasteiger partial charge >= 0.3 is 0 Å². The summed E-state index contributed by atoms with van der Waals surface area (Å²) < 4.78 is 26.3. The maximum atomic E-state index is 11.3. The van der Waals surface area contributed by atoms with Gasteiger partial charge in [0.05, 0.1) is 0 Å². The Morgan fingerprint density at radius 2 is 2.17 bits per heavy atom. The molecule has 0 spiro atoms. The van der Waals surface area contributed by atoms with Crippen LogP contribution in [0, 0.1) is 0 Å². The zero-order valence-electron chi connectivity index (χ0n) is 7.37. The van der Waals surface area contributed by atoms with Crippen molar-refractivity contribution in [3.63, 3.8) is 0 Å². The Morgan fingerprint density at radius 3 is 2.58 bits per heavy atom. The Labute approximate surface area is 73.3 Å². The molecule has 0 aromatic heterocycles. The van der Waals surface area contributed by atoms with Crippen LogP contribution in [0.4, 0.5) is 0 Å². The smallest absolute Gasteiger partial charge is 0.279 e. The molecule has 0 unspecified atom stereocenters. The van der Waals surface area contributed by atoms with Crippen LogP contribution in [0.15, 0.2) is 0 Å². The first kappa shape index (κ1) is 9.91. The van der Waals surface area contributed by atoms with Gasteiger partial charge < -0.3 is 5.32 Å². The van der Waals surface area contributed by atoms with Crippen LogP contribution >= 0.6 is 0 Å². The second kappa shape index (κ2) is 3.69. The highest BCUT2D eigenvalue weighted by atomic mass is 32.2. The number of nitrogens with zero attached hydrogens (tertiary/aromatic N) is 1. The molecule has 1 heterocycles. The first-order valence-corrected chi connectivity index (χ1v) is 5.37. The quantitative estimate of drug-likeness (QED) is 0.588.